The third-order valence-electron chi connectivity index (χ3n) is 2.98. The van der Waals surface area contributed by atoms with Gasteiger partial charge in [-0.3, -0.25) is 0 Å². The number of methoxy groups -OCH3 is 1. The molecule has 0 bridgehead atoms. The highest BCUT2D eigenvalue weighted by Crippen LogP contribution is 2.20. The van der Waals surface area contributed by atoms with Crippen LogP contribution in [0.5, 0.6) is 5.75 Å². The lowest BCUT2D eigenvalue weighted by atomic mass is 10.1. The molecule has 0 amide bonds. The van der Waals surface area contributed by atoms with Crippen LogP contribution in [0, 0.1) is 6.92 Å². The van der Waals surface area contributed by atoms with Gasteiger partial charge in [-0.05, 0) is 25.1 Å². The number of nitrogens with two attached hydrogens (primary N) is 1. The summed E-state index contributed by atoms with van der Waals surface area (Å²) < 4.78 is 10.5. The van der Waals surface area contributed by atoms with Crippen LogP contribution in [0.15, 0.2) is 42.5 Å². The number of nitrogen functional groups attached to an aromatic ring is 1. The van der Waals surface area contributed by atoms with Gasteiger partial charge in [0.15, 0.2) is 0 Å². The van der Waals surface area contributed by atoms with Crippen molar-refractivity contribution < 1.29 is 14.3 Å². The van der Waals surface area contributed by atoms with Gasteiger partial charge in [-0.2, -0.15) is 0 Å². The monoisotopic (exact) mass is 271 g/mol. The van der Waals surface area contributed by atoms with Gasteiger partial charge in [-0.25, -0.2) is 4.79 Å². The van der Waals surface area contributed by atoms with E-state index in [9.17, 15) is 4.79 Å². The molecule has 0 spiro atoms. The van der Waals surface area contributed by atoms with Crippen molar-refractivity contribution in [3.05, 3.63) is 59.2 Å². The van der Waals surface area contributed by atoms with Gasteiger partial charge >= 0.3 is 5.97 Å². The Hall–Kier alpha value is -2.49. The van der Waals surface area contributed by atoms with E-state index in [2.05, 4.69) is 0 Å². The van der Waals surface area contributed by atoms with Crippen LogP contribution in [0.25, 0.3) is 0 Å². The SMILES string of the molecule is COc1ccccc1COC(=O)c1cc(C)ccc1N. The first-order valence-corrected chi connectivity index (χ1v) is 6.27. The van der Waals surface area contributed by atoms with E-state index >= 15 is 0 Å². The van der Waals surface area contributed by atoms with Crippen molar-refractivity contribution in [2.45, 2.75) is 13.5 Å². The van der Waals surface area contributed by atoms with Crippen molar-refractivity contribution in [2.75, 3.05) is 12.8 Å². The summed E-state index contributed by atoms with van der Waals surface area (Å²) in [7, 11) is 1.58. The molecule has 0 aliphatic rings. The van der Waals surface area contributed by atoms with Crippen molar-refractivity contribution >= 4 is 11.7 Å². The molecule has 0 saturated heterocycles. The van der Waals surface area contributed by atoms with Gasteiger partial charge < -0.3 is 15.2 Å². The van der Waals surface area contributed by atoms with Crippen molar-refractivity contribution in [1.29, 1.82) is 0 Å². The fourth-order valence-corrected chi connectivity index (χ4v) is 1.89. The number of aryl methyl sites for hydroxylation is 1. The van der Waals surface area contributed by atoms with Crippen molar-refractivity contribution in [1.82, 2.24) is 0 Å². The molecule has 0 fully saturated rings. The van der Waals surface area contributed by atoms with Gasteiger partial charge in [-0.1, -0.05) is 29.8 Å². The fraction of sp³-hybridized carbons (Fsp3) is 0.188. The number of carbonyl (C=O) groups excluding carboxylic acids is 1. The largest absolute Gasteiger partial charge is 0.496 e. The summed E-state index contributed by atoms with van der Waals surface area (Å²) in [6, 6.07) is 12.7. The molecule has 4 heteroatoms. The third kappa shape index (κ3) is 3.09. The van der Waals surface area contributed by atoms with Gasteiger partial charge in [-0.15, -0.1) is 0 Å². The molecule has 4 nitrogen and oxygen atoms in total. The second-order valence-corrected chi connectivity index (χ2v) is 4.48. The highest BCUT2D eigenvalue weighted by atomic mass is 16.5. The summed E-state index contributed by atoms with van der Waals surface area (Å²) in [5.74, 6) is 0.259. The van der Waals surface area contributed by atoms with Gasteiger partial charge in [0.2, 0.25) is 0 Å². The van der Waals surface area contributed by atoms with Crippen LogP contribution in [-0.2, 0) is 11.3 Å². The minimum absolute atomic E-state index is 0.149. The molecule has 0 unspecified atom stereocenters. The Morgan fingerprint density at radius 3 is 2.70 bits per heavy atom. The highest BCUT2D eigenvalue weighted by Gasteiger charge is 2.12. The zero-order valence-electron chi connectivity index (χ0n) is 11.6. The van der Waals surface area contributed by atoms with E-state index in [1.807, 2.05) is 37.3 Å². The fourth-order valence-electron chi connectivity index (χ4n) is 1.89. The average molecular weight is 271 g/mol. The van der Waals surface area contributed by atoms with E-state index in [4.69, 9.17) is 15.2 Å². The normalized spacial score (nSPS) is 10.1. The minimum Gasteiger partial charge on any atom is -0.496 e. The number of ether oxygens (including phenoxy) is 2. The summed E-state index contributed by atoms with van der Waals surface area (Å²) in [6.07, 6.45) is 0. The van der Waals surface area contributed by atoms with Gasteiger partial charge in [0.05, 0.1) is 12.7 Å². The smallest absolute Gasteiger partial charge is 0.340 e. The lowest BCUT2D eigenvalue weighted by molar-refractivity contribution is 0.0471. The van der Waals surface area contributed by atoms with Crippen LogP contribution in [0.3, 0.4) is 0 Å². The minimum atomic E-state index is -0.433. The molecule has 2 rings (SSSR count). The number of benzene rings is 2. The van der Waals surface area contributed by atoms with Crippen molar-refractivity contribution in [3.8, 4) is 5.75 Å². The average Bonchev–Trinajstić information content (AvgIpc) is 2.47. The molecule has 104 valence electrons. The van der Waals surface area contributed by atoms with E-state index in [0.29, 0.717) is 17.0 Å². The molecular weight excluding hydrogens is 254 g/mol. The number of rotatable bonds is 4. The third-order valence-corrected chi connectivity index (χ3v) is 2.98. The Morgan fingerprint density at radius 2 is 1.95 bits per heavy atom. The molecule has 20 heavy (non-hydrogen) atoms. The Balaban J connectivity index is 2.11. The summed E-state index contributed by atoms with van der Waals surface area (Å²) in [6.45, 7) is 2.05. The Bertz CT molecular complexity index is 623. The topological polar surface area (TPSA) is 61.5 Å². The molecule has 0 saturated carbocycles. The molecule has 0 aliphatic heterocycles. The maximum Gasteiger partial charge on any atom is 0.340 e. The van der Waals surface area contributed by atoms with Gasteiger partial charge in [0.25, 0.3) is 0 Å². The van der Waals surface area contributed by atoms with Crippen LogP contribution < -0.4 is 10.5 Å². The molecule has 0 radical (unpaired) electrons. The molecule has 0 aliphatic carbocycles. The highest BCUT2D eigenvalue weighted by molar-refractivity contribution is 5.95. The summed E-state index contributed by atoms with van der Waals surface area (Å²) in [5.41, 5.74) is 8.37. The first kappa shape index (κ1) is 13.9. The molecule has 0 heterocycles. The predicted octanol–water partition coefficient (Wildman–Crippen LogP) is 2.94. The first-order valence-electron chi connectivity index (χ1n) is 6.27. The summed E-state index contributed by atoms with van der Waals surface area (Å²) in [5, 5.41) is 0. The molecule has 0 atom stereocenters. The van der Waals surface area contributed by atoms with Crippen molar-refractivity contribution in [3.63, 3.8) is 0 Å². The Kier molecular flexibility index (Phi) is 4.25. The van der Waals surface area contributed by atoms with E-state index in [0.717, 1.165) is 11.1 Å². The Labute approximate surface area is 118 Å². The number of hydrogen-bond donors (Lipinski definition) is 1. The van der Waals surface area contributed by atoms with E-state index in [1.54, 1.807) is 19.2 Å². The van der Waals surface area contributed by atoms with Crippen LogP contribution in [0.2, 0.25) is 0 Å². The van der Waals surface area contributed by atoms with Gasteiger partial charge in [0.1, 0.15) is 12.4 Å². The molecule has 0 aromatic heterocycles. The molecule has 2 aromatic rings. The molecular formula is C16H17NO3. The maximum absolute atomic E-state index is 12.0. The van der Waals surface area contributed by atoms with E-state index in [1.165, 1.54) is 0 Å². The first-order chi connectivity index (χ1) is 9.61. The maximum atomic E-state index is 12.0. The lowest BCUT2D eigenvalue weighted by Gasteiger charge is -2.10. The summed E-state index contributed by atoms with van der Waals surface area (Å²) >= 11 is 0. The molecule has 2 N–H and O–H groups in total. The zero-order valence-corrected chi connectivity index (χ0v) is 11.6. The van der Waals surface area contributed by atoms with Gasteiger partial charge in [0, 0.05) is 11.3 Å². The lowest BCUT2D eigenvalue weighted by Crippen LogP contribution is -2.09. The number of para-hydroxylation sites is 1. The molecule has 2 aromatic carbocycles. The summed E-state index contributed by atoms with van der Waals surface area (Å²) in [4.78, 5) is 12.0. The number of anilines is 1. The van der Waals surface area contributed by atoms with Crippen molar-refractivity contribution in [2.24, 2.45) is 0 Å². The number of esters is 1. The number of hydrogen-bond acceptors (Lipinski definition) is 4. The van der Waals surface area contributed by atoms with E-state index < -0.39 is 5.97 Å². The number of carbonyl (C=O) groups is 1. The quantitative estimate of drug-likeness (QED) is 0.686. The zero-order chi connectivity index (χ0) is 14.5. The predicted molar refractivity (Wildman–Crippen MR) is 77.7 cm³/mol. The second kappa shape index (κ2) is 6.10. The van der Waals surface area contributed by atoms with Crippen LogP contribution in [-0.4, -0.2) is 13.1 Å². The van der Waals surface area contributed by atoms with E-state index in [-0.39, 0.29) is 6.61 Å². The standard InChI is InChI=1S/C16H17NO3/c1-11-7-8-14(17)13(9-11)16(18)20-10-12-5-3-4-6-15(12)19-2/h3-9H,10,17H2,1-2H3. The van der Waals surface area contributed by atoms with Crippen LogP contribution in [0.4, 0.5) is 5.69 Å². The van der Waals surface area contributed by atoms with Crippen LogP contribution in [0.1, 0.15) is 21.5 Å². The second-order valence-electron chi connectivity index (χ2n) is 4.48. The Morgan fingerprint density at radius 1 is 1.20 bits per heavy atom. The van der Waals surface area contributed by atoms with Crippen LogP contribution >= 0.6 is 0 Å².